The molecule has 4 heteroatoms. The Morgan fingerprint density at radius 3 is 2.94 bits per heavy atom. The lowest BCUT2D eigenvalue weighted by Crippen LogP contribution is -2.32. The van der Waals surface area contributed by atoms with Crippen LogP contribution in [0.15, 0.2) is 6.20 Å². The van der Waals surface area contributed by atoms with Gasteiger partial charge in [-0.1, -0.05) is 20.3 Å². The summed E-state index contributed by atoms with van der Waals surface area (Å²) in [5.74, 6) is 0.882. The smallest absolute Gasteiger partial charge is 0.224 e. The van der Waals surface area contributed by atoms with Crippen molar-refractivity contribution < 1.29 is 0 Å². The van der Waals surface area contributed by atoms with Crippen LogP contribution < -0.4 is 5.32 Å². The summed E-state index contributed by atoms with van der Waals surface area (Å²) in [5.41, 5.74) is 1.48. The van der Waals surface area contributed by atoms with Gasteiger partial charge in [-0.25, -0.2) is 9.97 Å². The van der Waals surface area contributed by atoms with Gasteiger partial charge in [0.2, 0.25) is 5.28 Å². The van der Waals surface area contributed by atoms with Crippen LogP contribution in [-0.2, 0) is 0 Å². The van der Waals surface area contributed by atoms with Crippen LogP contribution in [0.4, 0.5) is 5.82 Å². The molecule has 0 radical (unpaired) electrons. The van der Waals surface area contributed by atoms with Gasteiger partial charge >= 0.3 is 0 Å². The van der Waals surface area contributed by atoms with E-state index in [9.17, 15) is 0 Å². The van der Waals surface area contributed by atoms with E-state index in [4.69, 9.17) is 11.6 Å². The second-order valence-corrected chi connectivity index (χ2v) is 6.11. The van der Waals surface area contributed by atoms with Crippen LogP contribution >= 0.6 is 11.6 Å². The zero-order chi connectivity index (χ0) is 12.5. The van der Waals surface area contributed by atoms with E-state index in [1.807, 2.05) is 6.92 Å². The van der Waals surface area contributed by atoms with Gasteiger partial charge in [0.1, 0.15) is 5.82 Å². The monoisotopic (exact) mass is 253 g/mol. The van der Waals surface area contributed by atoms with Crippen LogP contribution in [0.2, 0.25) is 5.28 Å². The summed E-state index contributed by atoms with van der Waals surface area (Å²) in [6.45, 7) is 6.67. The number of rotatable bonds is 2. The molecule has 0 spiro atoms. The van der Waals surface area contributed by atoms with E-state index < -0.39 is 0 Å². The lowest BCUT2D eigenvalue weighted by Gasteiger charge is -2.36. The molecule has 1 atom stereocenters. The maximum atomic E-state index is 5.83. The topological polar surface area (TPSA) is 37.8 Å². The second-order valence-electron chi connectivity index (χ2n) is 5.77. The number of halogens is 1. The minimum atomic E-state index is 0.313. The lowest BCUT2D eigenvalue weighted by molar-refractivity contribution is 0.229. The predicted octanol–water partition coefficient (Wildman–Crippen LogP) is 3.82. The summed E-state index contributed by atoms with van der Waals surface area (Å²) in [4.78, 5) is 8.23. The first-order valence-electron chi connectivity index (χ1n) is 6.22. The van der Waals surface area contributed by atoms with E-state index in [1.54, 1.807) is 6.20 Å². The highest BCUT2D eigenvalue weighted by Crippen LogP contribution is 2.36. The Balaban J connectivity index is 2.07. The summed E-state index contributed by atoms with van der Waals surface area (Å²) >= 11 is 5.83. The number of nitrogens with zero attached hydrogens (tertiary/aromatic N) is 2. The van der Waals surface area contributed by atoms with E-state index in [2.05, 4.69) is 29.1 Å². The summed E-state index contributed by atoms with van der Waals surface area (Å²) in [6.07, 6.45) is 6.77. The van der Waals surface area contributed by atoms with E-state index in [0.29, 0.717) is 16.7 Å². The van der Waals surface area contributed by atoms with Crippen LogP contribution in [0.1, 0.15) is 45.1 Å². The van der Waals surface area contributed by atoms with Gasteiger partial charge in [-0.2, -0.15) is 0 Å². The molecule has 0 saturated heterocycles. The average molecular weight is 254 g/mol. The first-order valence-corrected chi connectivity index (χ1v) is 6.60. The van der Waals surface area contributed by atoms with E-state index in [0.717, 1.165) is 11.4 Å². The van der Waals surface area contributed by atoms with Crippen molar-refractivity contribution in [3.63, 3.8) is 0 Å². The van der Waals surface area contributed by atoms with Crippen molar-refractivity contribution in [2.75, 3.05) is 5.32 Å². The van der Waals surface area contributed by atoms with Crippen molar-refractivity contribution in [1.82, 2.24) is 9.97 Å². The summed E-state index contributed by atoms with van der Waals surface area (Å²) in [6, 6.07) is 0.503. The van der Waals surface area contributed by atoms with Crippen LogP contribution in [0.3, 0.4) is 0 Å². The fraction of sp³-hybridized carbons (Fsp3) is 0.692. The van der Waals surface area contributed by atoms with E-state index in [1.165, 1.54) is 25.7 Å². The van der Waals surface area contributed by atoms with Crippen molar-refractivity contribution in [3.05, 3.63) is 17.0 Å². The molecule has 1 saturated carbocycles. The maximum Gasteiger partial charge on any atom is 0.224 e. The minimum Gasteiger partial charge on any atom is -0.367 e. The Morgan fingerprint density at radius 2 is 2.24 bits per heavy atom. The Bertz CT molecular complexity index is 404. The summed E-state index contributed by atoms with van der Waals surface area (Å²) < 4.78 is 0. The lowest BCUT2D eigenvalue weighted by atomic mass is 9.75. The molecule has 1 aromatic heterocycles. The zero-order valence-corrected chi connectivity index (χ0v) is 11.5. The molecular weight excluding hydrogens is 234 g/mol. The highest BCUT2D eigenvalue weighted by molar-refractivity contribution is 6.28. The molecule has 0 bridgehead atoms. The number of aryl methyl sites for hydroxylation is 1. The molecule has 1 aliphatic rings. The summed E-state index contributed by atoms with van der Waals surface area (Å²) in [7, 11) is 0. The number of aromatic nitrogens is 2. The standard InChI is InChI=1S/C13H20ClN3/c1-9-8-15-12(14)17-11(9)16-10-5-4-6-13(2,3)7-10/h8,10H,4-7H2,1-3H3,(H,15,16,17). The zero-order valence-electron chi connectivity index (χ0n) is 10.8. The van der Waals surface area contributed by atoms with Crippen molar-refractivity contribution in [2.45, 2.75) is 52.5 Å². The largest absolute Gasteiger partial charge is 0.367 e. The molecule has 1 unspecified atom stereocenters. The molecule has 3 nitrogen and oxygen atoms in total. The van der Waals surface area contributed by atoms with Crippen LogP contribution in [-0.4, -0.2) is 16.0 Å². The van der Waals surface area contributed by atoms with Crippen molar-refractivity contribution in [1.29, 1.82) is 0 Å². The predicted molar refractivity (Wildman–Crippen MR) is 71.4 cm³/mol. The van der Waals surface area contributed by atoms with Gasteiger partial charge in [0.15, 0.2) is 0 Å². The van der Waals surface area contributed by atoms with E-state index in [-0.39, 0.29) is 0 Å². The molecular formula is C13H20ClN3. The van der Waals surface area contributed by atoms with Gasteiger partial charge in [0.05, 0.1) is 0 Å². The van der Waals surface area contributed by atoms with Crippen molar-refractivity contribution in [2.24, 2.45) is 5.41 Å². The molecule has 1 aromatic rings. The number of nitrogens with one attached hydrogen (secondary N) is 1. The number of hydrogen-bond donors (Lipinski definition) is 1. The highest BCUT2D eigenvalue weighted by atomic mass is 35.5. The fourth-order valence-electron chi connectivity index (χ4n) is 2.58. The first-order chi connectivity index (χ1) is 7.96. The Labute approximate surface area is 108 Å². The first kappa shape index (κ1) is 12.6. The van der Waals surface area contributed by atoms with Crippen LogP contribution in [0.25, 0.3) is 0 Å². The molecule has 2 rings (SSSR count). The van der Waals surface area contributed by atoms with Gasteiger partial charge < -0.3 is 5.32 Å². The molecule has 0 aliphatic heterocycles. The molecule has 0 amide bonds. The SMILES string of the molecule is Cc1cnc(Cl)nc1NC1CCCC(C)(C)C1. The molecule has 1 fully saturated rings. The number of hydrogen-bond acceptors (Lipinski definition) is 3. The average Bonchev–Trinajstić information content (AvgIpc) is 2.22. The Hall–Kier alpha value is -0.830. The quantitative estimate of drug-likeness (QED) is 0.815. The van der Waals surface area contributed by atoms with Crippen LogP contribution in [0, 0.1) is 12.3 Å². The minimum absolute atomic E-state index is 0.313. The Kier molecular flexibility index (Phi) is 3.57. The number of anilines is 1. The fourth-order valence-corrected chi connectivity index (χ4v) is 2.71. The van der Waals surface area contributed by atoms with Crippen LogP contribution in [0.5, 0.6) is 0 Å². The molecule has 0 aromatic carbocycles. The molecule has 94 valence electrons. The van der Waals surface area contributed by atoms with Gasteiger partial charge in [0.25, 0.3) is 0 Å². The summed E-state index contributed by atoms with van der Waals surface area (Å²) in [5, 5.41) is 3.82. The molecule has 17 heavy (non-hydrogen) atoms. The van der Waals surface area contributed by atoms with Gasteiger partial charge in [-0.05, 0) is 43.2 Å². The highest BCUT2D eigenvalue weighted by Gasteiger charge is 2.28. The molecule has 1 N–H and O–H groups in total. The normalized spacial score (nSPS) is 23.4. The Morgan fingerprint density at radius 1 is 1.47 bits per heavy atom. The van der Waals surface area contributed by atoms with Gasteiger partial charge in [-0.15, -0.1) is 0 Å². The third kappa shape index (κ3) is 3.32. The third-order valence-corrected chi connectivity index (χ3v) is 3.67. The third-order valence-electron chi connectivity index (χ3n) is 3.49. The van der Waals surface area contributed by atoms with Gasteiger partial charge in [0, 0.05) is 17.8 Å². The van der Waals surface area contributed by atoms with Crippen molar-refractivity contribution in [3.8, 4) is 0 Å². The molecule has 1 aliphatic carbocycles. The van der Waals surface area contributed by atoms with Gasteiger partial charge in [-0.3, -0.25) is 0 Å². The second kappa shape index (κ2) is 4.81. The van der Waals surface area contributed by atoms with E-state index >= 15 is 0 Å². The maximum absolute atomic E-state index is 5.83. The molecule has 1 heterocycles. The van der Waals surface area contributed by atoms with Crippen molar-refractivity contribution >= 4 is 17.4 Å².